The van der Waals surface area contributed by atoms with Gasteiger partial charge in [-0.1, -0.05) is 6.07 Å². The molecule has 62 heteroatoms. The van der Waals surface area contributed by atoms with E-state index in [9.17, 15) is 88.1 Å². The standard InChI is InChI=1S/C53H67IN22O33P6/c1-99-47(82)25(7-22-2-3-26(77)24(54)6-22)71-30(78)4-5-72-8-23(104-31(9-72)73-18-67-32-39(55)59-14-63-43(32)73)10-100-110(86,87)51(83)36(79)27(105-48(51)74-19-68-33-40(56)60-15-64-44(33)74)11-101-111(88,89)52(84)37(80)28(106-49(52)75-20-69-34-41(57)61-16-65-45(34)75)12-102-112(90,91)53(85)38(81)29(13-103-114(95,96)109-115(97,98)108-113(92,93)94)107-50(53)76-21-70-35-42(58)62-17-66-46(35)76/h2-3,6,14-21,23,25,27-29,31,36-38,48-50,77,79-81,83-85H,4-5,7-13H2,1H3,(H,71,78)(H,86,87)(H,88,89)(H,90,91)(H,95,96)(H,97,98)(H2,55,59,63)(H2,56,60,64)(H2,57,61,65)(H2,58,62,66)(H2,92,93,94)/t23?,25-,27+,28+,29+,31?,36+,37+,38+,48+,49+,50+,51-,52-,53-/m0/s1. The largest absolute Gasteiger partial charge is 0.507 e. The van der Waals surface area contributed by atoms with Crippen molar-refractivity contribution in [3.63, 3.8) is 0 Å². The molecule has 624 valence electrons. The van der Waals surface area contributed by atoms with E-state index in [-0.39, 0.29) is 94.9 Å². The fourth-order valence-electron chi connectivity index (χ4n) is 13.0. The van der Waals surface area contributed by atoms with Crippen LogP contribution in [0.3, 0.4) is 0 Å². The third kappa shape index (κ3) is 16.3. The number of imidazole rings is 4. The number of fused-ring (bicyclic) bond motifs is 4. The maximum Gasteiger partial charge on any atom is 0.490 e. The molecule has 7 unspecified atom stereocenters. The molecular formula is C53H67IN22O33P6. The number of nitrogens with zero attached hydrogens (tertiary/aromatic N) is 17. The lowest BCUT2D eigenvalue weighted by atomic mass is 10.1. The lowest BCUT2D eigenvalue weighted by Gasteiger charge is -2.39. The molecule has 8 aromatic heterocycles. The maximum atomic E-state index is 15.3. The Hall–Kier alpha value is -7.49. The molecule has 0 bridgehead atoms. The molecule has 4 aliphatic rings. The highest BCUT2D eigenvalue weighted by atomic mass is 127. The number of benzene rings is 1. The number of anilines is 4. The Morgan fingerprint density at radius 3 is 1.34 bits per heavy atom. The van der Waals surface area contributed by atoms with E-state index in [0.29, 0.717) is 18.3 Å². The maximum absolute atomic E-state index is 15.3. The van der Waals surface area contributed by atoms with Gasteiger partial charge in [-0.3, -0.25) is 46.2 Å². The quantitative estimate of drug-likeness (QED) is 0.0117. The number of phosphoric acid groups is 3. The number of nitrogens with one attached hydrogen (secondary N) is 1. The minimum atomic E-state index is -6.38. The number of aliphatic hydroxyl groups is 6. The average Bonchev–Trinajstić information content (AvgIpc) is 1.58. The predicted molar refractivity (Wildman–Crippen MR) is 384 cm³/mol. The molecule has 0 aliphatic carbocycles. The summed E-state index contributed by atoms with van der Waals surface area (Å²) in [7, 11) is -35.9. The van der Waals surface area contributed by atoms with Gasteiger partial charge >= 0.3 is 52.2 Å². The molecule has 4 saturated heterocycles. The van der Waals surface area contributed by atoms with Gasteiger partial charge in [0.2, 0.25) is 21.9 Å². The normalized spacial score (nSPS) is 29.1. The number of amides is 1. The van der Waals surface area contributed by atoms with Crippen LogP contribution in [0.15, 0.2) is 68.8 Å². The molecule has 0 radical (unpaired) electrons. The summed E-state index contributed by atoms with van der Waals surface area (Å²) in [6.07, 6.45) is -19.1. The van der Waals surface area contributed by atoms with E-state index in [0.717, 1.165) is 56.0 Å². The van der Waals surface area contributed by atoms with Crippen molar-refractivity contribution in [3.05, 3.63) is 78.0 Å². The summed E-state index contributed by atoms with van der Waals surface area (Å²) in [6.45, 7) is -6.25. The first-order valence-electron chi connectivity index (χ1n) is 32.8. The first-order valence-corrected chi connectivity index (χ1v) is 43.1. The number of carbonyl (C=O) groups excluding carboxylic acids is 2. The number of carbonyl (C=O) groups is 2. The Bertz CT molecular complexity index is 5540. The minimum Gasteiger partial charge on any atom is -0.507 e. The molecule has 20 atom stereocenters. The fraction of sp³-hybridized carbons (Fsp3) is 0.472. The van der Waals surface area contributed by atoms with E-state index in [1.54, 1.807) is 17.0 Å². The van der Waals surface area contributed by atoms with Gasteiger partial charge in [-0.25, -0.2) is 78.3 Å². The molecule has 0 spiro atoms. The Morgan fingerprint density at radius 1 is 0.548 bits per heavy atom. The lowest BCUT2D eigenvalue weighted by molar-refractivity contribution is -0.145. The van der Waals surface area contributed by atoms with Crippen LogP contribution in [0.5, 0.6) is 5.75 Å². The van der Waals surface area contributed by atoms with Gasteiger partial charge in [0.25, 0.3) is 0 Å². The smallest absolute Gasteiger partial charge is 0.490 e. The van der Waals surface area contributed by atoms with Crippen LogP contribution in [-0.4, -0.2) is 283 Å². The number of phenols is 1. The number of phenolic OH excluding ortho intramolecular Hbond substituents is 1. The number of aromatic nitrogens is 16. The zero-order valence-corrected chi connectivity index (χ0v) is 65.7. The topological polar surface area (TPSA) is 815 Å². The van der Waals surface area contributed by atoms with Crippen molar-refractivity contribution >= 4 is 149 Å². The van der Waals surface area contributed by atoms with E-state index in [1.807, 2.05) is 22.6 Å². The lowest BCUT2D eigenvalue weighted by Crippen LogP contribution is -2.50. The van der Waals surface area contributed by atoms with Crippen molar-refractivity contribution in [2.24, 2.45) is 0 Å². The van der Waals surface area contributed by atoms with Gasteiger partial charge < -0.3 is 136 Å². The third-order valence-corrected chi connectivity index (χ3v) is 28.9. The van der Waals surface area contributed by atoms with Crippen LogP contribution in [0, 0.1) is 3.57 Å². The number of rotatable bonds is 30. The zero-order chi connectivity index (χ0) is 83.2. The number of aliphatic hydroxyl groups excluding tert-OH is 3. The van der Waals surface area contributed by atoms with E-state index in [4.69, 9.17) is 70.0 Å². The monoisotopic (exact) mass is 1850 g/mol. The first kappa shape index (κ1) is 85.4. The number of nitrogen functional groups attached to an aromatic ring is 4. The van der Waals surface area contributed by atoms with Crippen molar-refractivity contribution in [2.75, 3.05) is 76.1 Å². The Morgan fingerprint density at radius 2 is 0.939 bits per heavy atom. The van der Waals surface area contributed by atoms with E-state index >= 15 is 9.13 Å². The highest BCUT2D eigenvalue weighted by Crippen LogP contribution is 2.70. The van der Waals surface area contributed by atoms with Gasteiger partial charge in [-0.15, -0.1) is 0 Å². The Balaban J connectivity index is 0.770. The van der Waals surface area contributed by atoms with E-state index in [1.165, 1.54) is 17.0 Å². The van der Waals surface area contributed by atoms with Crippen LogP contribution < -0.4 is 28.3 Å². The molecule has 13 rings (SSSR count). The first-order chi connectivity index (χ1) is 53.9. The molecule has 55 nitrogen and oxygen atoms in total. The van der Waals surface area contributed by atoms with Crippen LogP contribution in [-0.2, 0) is 93.8 Å². The Labute approximate surface area is 653 Å². The van der Waals surface area contributed by atoms with Crippen LogP contribution in [0.4, 0.5) is 23.3 Å². The summed E-state index contributed by atoms with van der Waals surface area (Å²) in [6, 6.07) is 3.38. The second-order valence-electron chi connectivity index (χ2n) is 25.8. The number of hydrogen-bond acceptors (Lipinski definition) is 43. The highest BCUT2D eigenvalue weighted by molar-refractivity contribution is 14.1. The van der Waals surface area contributed by atoms with Gasteiger partial charge in [-0.05, 0) is 40.3 Å². The molecule has 1 amide bonds. The molecule has 23 N–H and O–H groups in total. The summed E-state index contributed by atoms with van der Waals surface area (Å²) in [5.74, 6) is -2.49. The minimum absolute atomic E-state index is 0.0143. The van der Waals surface area contributed by atoms with Crippen molar-refractivity contribution in [1.29, 1.82) is 0 Å². The number of morpholine rings is 1. The molecule has 12 heterocycles. The van der Waals surface area contributed by atoms with Gasteiger partial charge in [0.05, 0.1) is 68.5 Å². The molecule has 1 aromatic carbocycles. The molecule has 4 aliphatic heterocycles. The van der Waals surface area contributed by atoms with Crippen LogP contribution in [0.2, 0.25) is 0 Å². The summed E-state index contributed by atoms with van der Waals surface area (Å²) in [5, 5.41) is 76.2. The van der Waals surface area contributed by atoms with Gasteiger partial charge in [0.15, 0.2) is 64.5 Å². The summed E-state index contributed by atoms with van der Waals surface area (Å²) in [5.41, 5.74) is 23.0. The van der Waals surface area contributed by atoms with Gasteiger partial charge in [0, 0.05) is 32.5 Å². The molecule has 4 fully saturated rings. The summed E-state index contributed by atoms with van der Waals surface area (Å²) in [4.78, 5) is 151. The summed E-state index contributed by atoms with van der Waals surface area (Å²) < 4.78 is 144. The third-order valence-electron chi connectivity index (χ3n) is 18.6. The van der Waals surface area contributed by atoms with Crippen LogP contribution in [0.25, 0.3) is 44.7 Å². The second-order valence-corrected chi connectivity index (χ2v) is 37.4. The number of esters is 1. The van der Waals surface area contributed by atoms with Crippen molar-refractivity contribution in [3.8, 4) is 5.75 Å². The van der Waals surface area contributed by atoms with Crippen molar-refractivity contribution in [2.45, 2.75) is 103 Å². The molecule has 0 saturated carbocycles. The van der Waals surface area contributed by atoms with Crippen LogP contribution >= 0.6 is 68.8 Å². The van der Waals surface area contributed by atoms with Crippen LogP contribution in [0.1, 0.15) is 36.9 Å². The predicted octanol–water partition coefficient (Wildman–Crippen LogP) is -3.73. The number of halogens is 1. The second kappa shape index (κ2) is 32.0. The average molecular weight is 1850 g/mol. The number of nitrogens with two attached hydrogens (primary N) is 4. The van der Waals surface area contributed by atoms with E-state index in [2.05, 4.69) is 78.3 Å². The number of hydrogen-bond donors (Lipinski definition) is 19. The Kier molecular flexibility index (Phi) is 23.8. The summed E-state index contributed by atoms with van der Waals surface area (Å²) >= 11 is 1.89. The number of methoxy groups -OCH3 is 1. The fourth-order valence-corrected chi connectivity index (χ4v) is 21.2. The van der Waals surface area contributed by atoms with Crippen molar-refractivity contribution < 1.29 is 157 Å². The number of phosphoric ester groups is 1. The van der Waals surface area contributed by atoms with Crippen molar-refractivity contribution in [1.82, 2.24) is 88.3 Å². The van der Waals surface area contributed by atoms with Gasteiger partial charge in [-0.2, -0.15) is 8.62 Å². The SMILES string of the molecule is COC(=O)[C@H](Cc1ccc(O)c(I)c1)NC(=O)CCN1CC(COP(=O)(O)[C@@]2(O)[C@H](O)[C@@H](COP(=O)(O)[C@@]3(O)[C@H](O)[C@@H](COP(=O)(O)[C@@]4(O)[C@H](O)[C@@H](COP(=O)(O)OP(=O)(O)OP(=O)(O)O)O[C@H]4n4cnc5c(N)ncnc54)O[C@H]3n3cnc4c(N)ncnc43)O[C@H]2n2cnc3c(N)ncnc32)OC(n2cnc3c(N)ncnc32)C1. The highest BCUT2D eigenvalue weighted by Gasteiger charge is 2.73. The van der Waals surface area contributed by atoms with Gasteiger partial charge in [0.1, 0.15) is 102 Å². The molecule has 9 aromatic rings. The zero-order valence-electron chi connectivity index (χ0n) is 58.1. The number of aromatic hydroxyl groups is 1. The van der Waals surface area contributed by atoms with E-state index < -0.39 is 186 Å². The molecule has 115 heavy (non-hydrogen) atoms. The molecular weight excluding hydrogens is 1790 g/mol. The number of ether oxygens (including phenoxy) is 5.